The van der Waals surface area contributed by atoms with Gasteiger partial charge in [0.25, 0.3) is 5.91 Å². The molecule has 3 rings (SSSR count). The summed E-state index contributed by atoms with van der Waals surface area (Å²) in [6, 6.07) is 22.5. The zero-order valence-corrected chi connectivity index (χ0v) is 18.8. The molecule has 0 unspecified atom stereocenters. The molecule has 3 aromatic rings. The minimum Gasteiger partial charge on any atom is -0.497 e. The quantitative estimate of drug-likeness (QED) is 0.343. The number of carbonyl (C=O) groups excluding carboxylic acids is 1. The number of nitrogens with one attached hydrogen (secondary N) is 1. The average Bonchev–Trinajstić information content (AvgIpc) is 2.77. The Morgan fingerprint density at radius 3 is 2.55 bits per heavy atom. The van der Waals surface area contributed by atoms with Crippen molar-refractivity contribution in [1.82, 2.24) is 0 Å². The van der Waals surface area contributed by atoms with Crippen molar-refractivity contribution in [3.05, 3.63) is 87.9 Å². The summed E-state index contributed by atoms with van der Waals surface area (Å²) in [7, 11) is 1.60. The maximum absolute atomic E-state index is 12.2. The highest BCUT2D eigenvalue weighted by atomic mass is 79.9. The van der Waals surface area contributed by atoms with Crippen LogP contribution in [0.15, 0.2) is 71.2 Å². The second-order valence-corrected chi connectivity index (χ2v) is 7.65. The van der Waals surface area contributed by atoms with Crippen LogP contribution in [0, 0.1) is 18.3 Å². The second kappa shape index (κ2) is 10.5. The first-order valence-corrected chi connectivity index (χ1v) is 10.3. The van der Waals surface area contributed by atoms with Gasteiger partial charge in [-0.05, 0) is 94.2 Å². The van der Waals surface area contributed by atoms with Gasteiger partial charge >= 0.3 is 0 Å². The molecule has 6 heteroatoms. The van der Waals surface area contributed by atoms with Crippen LogP contribution in [0.5, 0.6) is 11.5 Å². The van der Waals surface area contributed by atoms with Crippen LogP contribution in [0.25, 0.3) is 11.6 Å². The number of ether oxygens (including phenoxy) is 2. The molecule has 0 atom stereocenters. The zero-order chi connectivity index (χ0) is 22.2. The molecule has 0 aliphatic heterocycles. The summed E-state index contributed by atoms with van der Waals surface area (Å²) in [6.45, 7) is 1.85. The van der Waals surface area contributed by atoms with E-state index in [9.17, 15) is 10.1 Å². The summed E-state index contributed by atoms with van der Waals surface area (Å²) in [5.74, 6) is 1.03. The SMILES string of the molecule is COc1ccc(/C(C#N)=C/c2ccc(OCC(=O)Nc3cccc(C)c3)c(Br)c2)cc1. The molecule has 31 heavy (non-hydrogen) atoms. The lowest BCUT2D eigenvalue weighted by molar-refractivity contribution is -0.118. The van der Waals surface area contributed by atoms with Crippen LogP contribution in [0.4, 0.5) is 5.69 Å². The van der Waals surface area contributed by atoms with E-state index in [1.54, 1.807) is 19.3 Å². The Morgan fingerprint density at radius 1 is 1.13 bits per heavy atom. The van der Waals surface area contributed by atoms with Gasteiger partial charge in [0.1, 0.15) is 11.5 Å². The largest absolute Gasteiger partial charge is 0.497 e. The average molecular weight is 477 g/mol. The highest BCUT2D eigenvalue weighted by Gasteiger charge is 2.08. The van der Waals surface area contributed by atoms with Crippen molar-refractivity contribution < 1.29 is 14.3 Å². The van der Waals surface area contributed by atoms with Crippen LogP contribution < -0.4 is 14.8 Å². The fourth-order valence-corrected chi connectivity index (χ4v) is 3.42. The van der Waals surface area contributed by atoms with E-state index < -0.39 is 0 Å². The van der Waals surface area contributed by atoms with Gasteiger partial charge in [-0.15, -0.1) is 0 Å². The molecule has 156 valence electrons. The molecular formula is C25H21BrN2O3. The molecule has 1 N–H and O–H groups in total. The van der Waals surface area contributed by atoms with Crippen molar-refractivity contribution in [2.75, 3.05) is 19.0 Å². The third-order valence-corrected chi connectivity index (χ3v) is 5.07. The molecule has 3 aromatic carbocycles. The number of methoxy groups -OCH3 is 1. The van der Waals surface area contributed by atoms with Gasteiger partial charge in [-0.1, -0.05) is 18.2 Å². The standard InChI is InChI=1S/C25H21BrN2O3/c1-17-4-3-5-21(12-17)28-25(29)16-31-24-11-6-18(14-23(24)26)13-20(15-27)19-7-9-22(30-2)10-8-19/h3-14H,16H2,1-2H3,(H,28,29)/b20-13+. The molecule has 0 saturated heterocycles. The fraction of sp³-hybridized carbons (Fsp3) is 0.120. The summed E-state index contributed by atoms with van der Waals surface area (Å²) in [4.78, 5) is 12.2. The van der Waals surface area contributed by atoms with Crippen molar-refractivity contribution in [3.63, 3.8) is 0 Å². The molecule has 0 aromatic heterocycles. The highest BCUT2D eigenvalue weighted by molar-refractivity contribution is 9.10. The lowest BCUT2D eigenvalue weighted by Gasteiger charge is -2.10. The molecule has 0 aliphatic rings. The molecule has 0 spiro atoms. The molecule has 1 amide bonds. The van der Waals surface area contributed by atoms with E-state index in [1.807, 2.05) is 67.6 Å². The van der Waals surface area contributed by atoms with E-state index in [-0.39, 0.29) is 12.5 Å². The Hall–Kier alpha value is -3.56. The van der Waals surface area contributed by atoms with E-state index in [1.165, 1.54) is 0 Å². The molecular weight excluding hydrogens is 456 g/mol. The lowest BCUT2D eigenvalue weighted by Crippen LogP contribution is -2.20. The number of anilines is 1. The number of allylic oxidation sites excluding steroid dienone is 1. The summed E-state index contributed by atoms with van der Waals surface area (Å²) in [6.07, 6.45) is 1.79. The van der Waals surface area contributed by atoms with Gasteiger partial charge in [-0.2, -0.15) is 5.26 Å². The monoisotopic (exact) mass is 476 g/mol. The second-order valence-electron chi connectivity index (χ2n) is 6.79. The Balaban J connectivity index is 1.66. The number of carbonyl (C=O) groups is 1. The Bertz CT molecular complexity index is 1150. The summed E-state index contributed by atoms with van der Waals surface area (Å²) < 4.78 is 11.5. The van der Waals surface area contributed by atoms with Crippen LogP contribution in [0.3, 0.4) is 0 Å². The van der Waals surface area contributed by atoms with Gasteiger partial charge in [0, 0.05) is 5.69 Å². The van der Waals surface area contributed by atoms with Crippen molar-refractivity contribution >= 4 is 39.2 Å². The van der Waals surface area contributed by atoms with E-state index in [4.69, 9.17) is 9.47 Å². The van der Waals surface area contributed by atoms with Crippen LogP contribution in [0.1, 0.15) is 16.7 Å². The predicted octanol–water partition coefficient (Wildman–Crippen LogP) is 5.85. The molecule has 0 aliphatic carbocycles. The first-order valence-electron chi connectivity index (χ1n) is 9.53. The van der Waals surface area contributed by atoms with Crippen molar-refractivity contribution in [1.29, 1.82) is 5.26 Å². The summed E-state index contributed by atoms with van der Waals surface area (Å²) >= 11 is 3.48. The van der Waals surface area contributed by atoms with Crippen LogP contribution in [-0.4, -0.2) is 19.6 Å². The van der Waals surface area contributed by atoms with E-state index in [0.29, 0.717) is 15.8 Å². The van der Waals surface area contributed by atoms with Gasteiger partial charge in [-0.25, -0.2) is 0 Å². The Labute approximate surface area is 190 Å². The van der Waals surface area contributed by atoms with Crippen LogP contribution >= 0.6 is 15.9 Å². The first-order chi connectivity index (χ1) is 15.0. The van der Waals surface area contributed by atoms with Gasteiger partial charge in [0.15, 0.2) is 6.61 Å². The van der Waals surface area contributed by atoms with E-state index in [0.717, 1.165) is 28.1 Å². The summed E-state index contributed by atoms with van der Waals surface area (Å²) in [5.41, 5.74) is 3.95. The predicted molar refractivity (Wildman–Crippen MR) is 126 cm³/mol. The number of rotatable bonds is 7. The van der Waals surface area contributed by atoms with Crippen molar-refractivity contribution in [3.8, 4) is 17.6 Å². The van der Waals surface area contributed by atoms with E-state index >= 15 is 0 Å². The molecule has 0 saturated carbocycles. The third-order valence-electron chi connectivity index (χ3n) is 4.45. The van der Waals surface area contributed by atoms with Gasteiger partial charge in [0.05, 0.1) is 23.2 Å². The maximum Gasteiger partial charge on any atom is 0.262 e. The first kappa shape index (κ1) is 22.1. The smallest absolute Gasteiger partial charge is 0.262 e. The van der Waals surface area contributed by atoms with Crippen molar-refractivity contribution in [2.24, 2.45) is 0 Å². The molecule has 0 fully saturated rings. The fourth-order valence-electron chi connectivity index (χ4n) is 2.90. The molecule has 0 radical (unpaired) electrons. The van der Waals surface area contributed by atoms with Crippen LogP contribution in [0.2, 0.25) is 0 Å². The number of halogens is 1. The topological polar surface area (TPSA) is 71.3 Å². The molecule has 5 nitrogen and oxygen atoms in total. The highest BCUT2D eigenvalue weighted by Crippen LogP contribution is 2.28. The maximum atomic E-state index is 12.2. The Kier molecular flexibility index (Phi) is 7.47. The number of nitrogens with zero attached hydrogens (tertiary/aromatic N) is 1. The third kappa shape index (κ3) is 6.21. The lowest BCUT2D eigenvalue weighted by atomic mass is 10.0. The Morgan fingerprint density at radius 2 is 1.90 bits per heavy atom. The van der Waals surface area contributed by atoms with E-state index in [2.05, 4.69) is 27.3 Å². The van der Waals surface area contributed by atoms with Gasteiger partial charge in [-0.3, -0.25) is 4.79 Å². The molecule has 0 bridgehead atoms. The number of aryl methyl sites for hydroxylation is 1. The molecule has 0 heterocycles. The van der Waals surface area contributed by atoms with Gasteiger partial charge in [0.2, 0.25) is 0 Å². The number of benzene rings is 3. The number of hydrogen-bond acceptors (Lipinski definition) is 4. The number of hydrogen-bond donors (Lipinski definition) is 1. The van der Waals surface area contributed by atoms with Gasteiger partial charge < -0.3 is 14.8 Å². The minimum atomic E-state index is -0.243. The zero-order valence-electron chi connectivity index (χ0n) is 17.2. The van der Waals surface area contributed by atoms with Crippen LogP contribution in [-0.2, 0) is 4.79 Å². The normalized spacial score (nSPS) is 10.8. The minimum absolute atomic E-state index is 0.114. The summed E-state index contributed by atoms with van der Waals surface area (Å²) in [5, 5.41) is 12.4. The number of nitriles is 1. The van der Waals surface area contributed by atoms with Crippen molar-refractivity contribution in [2.45, 2.75) is 6.92 Å². The number of amides is 1.